The van der Waals surface area contributed by atoms with Crippen LogP contribution < -0.4 is 10.5 Å². The molecule has 0 radical (unpaired) electrons. The van der Waals surface area contributed by atoms with E-state index in [-0.39, 0.29) is 0 Å². The van der Waals surface area contributed by atoms with Crippen LogP contribution in [0.25, 0.3) is 16.0 Å². The van der Waals surface area contributed by atoms with Gasteiger partial charge in [-0.15, -0.1) is 0 Å². The highest BCUT2D eigenvalue weighted by atomic mass is 16.7. The van der Waals surface area contributed by atoms with Gasteiger partial charge >= 0.3 is 0 Å². The second-order valence-corrected chi connectivity index (χ2v) is 9.12. The number of nitrogens with two attached hydrogens (primary N) is 1. The summed E-state index contributed by atoms with van der Waals surface area (Å²) in [4.78, 5) is 14.8. The van der Waals surface area contributed by atoms with E-state index in [1.165, 1.54) is 11.1 Å². The van der Waals surface area contributed by atoms with Crippen LogP contribution in [0.4, 0.5) is 5.69 Å². The lowest BCUT2D eigenvalue weighted by atomic mass is 9.73. The van der Waals surface area contributed by atoms with Crippen LogP contribution in [-0.4, -0.2) is 23.7 Å². The molecular formula is C27H24N4O2. The molecule has 2 aliphatic heterocycles. The fraction of sp³-hybridized carbons (Fsp3) is 0.259. The molecule has 2 heterocycles. The Morgan fingerprint density at radius 2 is 1.85 bits per heavy atom. The summed E-state index contributed by atoms with van der Waals surface area (Å²) >= 11 is 0. The van der Waals surface area contributed by atoms with Crippen molar-refractivity contribution in [3.8, 4) is 16.9 Å². The van der Waals surface area contributed by atoms with Crippen LogP contribution in [0, 0.1) is 6.57 Å². The lowest BCUT2D eigenvalue weighted by Crippen LogP contribution is -2.51. The van der Waals surface area contributed by atoms with Gasteiger partial charge in [0.25, 0.3) is 0 Å². The van der Waals surface area contributed by atoms with E-state index < -0.39 is 11.3 Å². The number of ether oxygens (including phenoxy) is 1. The molecule has 2 atom stereocenters. The van der Waals surface area contributed by atoms with Gasteiger partial charge in [0.2, 0.25) is 11.7 Å². The van der Waals surface area contributed by atoms with Gasteiger partial charge in [0.15, 0.2) is 5.69 Å². The van der Waals surface area contributed by atoms with E-state index >= 15 is 0 Å². The molecule has 2 unspecified atom stereocenters. The summed E-state index contributed by atoms with van der Waals surface area (Å²) in [6, 6.07) is 22.3. The molecule has 0 fully saturated rings. The molecule has 6 heteroatoms. The highest BCUT2D eigenvalue weighted by Crippen LogP contribution is 2.53. The highest BCUT2D eigenvalue weighted by Gasteiger charge is 2.55. The van der Waals surface area contributed by atoms with Gasteiger partial charge in [0.1, 0.15) is 11.4 Å². The molecule has 0 bridgehead atoms. The highest BCUT2D eigenvalue weighted by molar-refractivity contribution is 5.79. The number of aliphatic imine (C=N–C) groups is 1. The average Bonchev–Trinajstić information content (AvgIpc) is 3.11. The molecular weight excluding hydrogens is 412 g/mol. The van der Waals surface area contributed by atoms with Crippen LogP contribution >= 0.6 is 0 Å². The molecule has 164 valence electrons. The van der Waals surface area contributed by atoms with E-state index in [1.54, 1.807) is 12.1 Å². The fourth-order valence-corrected chi connectivity index (χ4v) is 5.40. The minimum Gasteiger partial charge on any atom is -0.486 e. The van der Waals surface area contributed by atoms with Gasteiger partial charge in [-0.1, -0.05) is 48.5 Å². The molecule has 1 aliphatic carbocycles. The third kappa shape index (κ3) is 3.16. The molecule has 3 aromatic rings. The maximum Gasteiger partial charge on any atom is 0.222 e. The van der Waals surface area contributed by atoms with Gasteiger partial charge in [0, 0.05) is 19.9 Å². The van der Waals surface area contributed by atoms with Gasteiger partial charge in [-0.3, -0.25) is 0 Å². The first-order valence-corrected chi connectivity index (χ1v) is 11.2. The number of hydrogen-bond donors (Lipinski definition) is 1. The quantitative estimate of drug-likeness (QED) is 0.548. The predicted molar refractivity (Wildman–Crippen MR) is 127 cm³/mol. The van der Waals surface area contributed by atoms with Crippen molar-refractivity contribution in [1.29, 1.82) is 0 Å². The number of hydrogen-bond acceptors (Lipinski definition) is 5. The van der Waals surface area contributed by atoms with E-state index in [1.807, 2.05) is 36.4 Å². The van der Waals surface area contributed by atoms with Crippen molar-refractivity contribution in [2.75, 3.05) is 7.05 Å². The number of hydroxylamine groups is 2. The minimum absolute atomic E-state index is 0.356. The van der Waals surface area contributed by atoms with Gasteiger partial charge in [0.05, 0.1) is 12.1 Å². The summed E-state index contributed by atoms with van der Waals surface area (Å²) in [5.74, 6) is 1.13. The third-order valence-corrected chi connectivity index (χ3v) is 6.98. The molecule has 6 nitrogen and oxygen atoms in total. The van der Waals surface area contributed by atoms with Crippen LogP contribution in [0.2, 0.25) is 0 Å². The largest absolute Gasteiger partial charge is 0.486 e. The summed E-state index contributed by atoms with van der Waals surface area (Å²) in [5, 5.41) is 1.55. The molecule has 2 spiro atoms. The lowest BCUT2D eigenvalue weighted by molar-refractivity contribution is -0.205. The second kappa shape index (κ2) is 7.09. The topological polar surface area (TPSA) is 64.4 Å². The standard InChI is InChI=1S/C27H24N4O2/c1-29-22-9-5-8-19(14-22)20-10-11-24-23(15-20)27(30-25(28)31(2)33-27)17-26(32-24)13-12-18-6-3-4-7-21(18)16-26/h3-11,14-15H,12-13,16-17H2,2H3,(H2,28,30). The van der Waals surface area contributed by atoms with Crippen LogP contribution in [0.3, 0.4) is 0 Å². The number of rotatable bonds is 1. The zero-order valence-corrected chi connectivity index (χ0v) is 18.4. The van der Waals surface area contributed by atoms with Crippen LogP contribution in [0.5, 0.6) is 5.75 Å². The lowest BCUT2D eigenvalue weighted by Gasteiger charge is -2.47. The Morgan fingerprint density at radius 1 is 1.03 bits per heavy atom. The van der Waals surface area contributed by atoms with Crippen molar-refractivity contribution >= 4 is 11.6 Å². The normalized spacial score (nSPS) is 25.2. The van der Waals surface area contributed by atoms with Crippen molar-refractivity contribution in [3.05, 3.63) is 94.8 Å². The molecule has 0 aromatic heterocycles. The monoisotopic (exact) mass is 436 g/mol. The van der Waals surface area contributed by atoms with E-state index in [4.69, 9.17) is 26.9 Å². The number of nitrogens with zero attached hydrogens (tertiary/aromatic N) is 3. The van der Waals surface area contributed by atoms with E-state index in [0.29, 0.717) is 18.1 Å². The van der Waals surface area contributed by atoms with Crippen LogP contribution in [-0.2, 0) is 23.4 Å². The fourth-order valence-electron chi connectivity index (χ4n) is 5.40. The Kier molecular flexibility index (Phi) is 4.26. The van der Waals surface area contributed by atoms with Gasteiger partial charge in [-0.25, -0.2) is 19.7 Å². The SMILES string of the molecule is [C-]#[N+]c1cccc(-c2ccc3c(c2)C2(CC4(CCc5ccccc5C4)O3)N=C(N)N(C)O2)c1. The van der Waals surface area contributed by atoms with E-state index in [0.717, 1.165) is 41.7 Å². The van der Waals surface area contributed by atoms with Crippen LogP contribution in [0.15, 0.2) is 71.7 Å². The maximum atomic E-state index is 7.34. The number of aryl methyl sites for hydroxylation is 1. The molecule has 6 rings (SSSR count). The van der Waals surface area contributed by atoms with Gasteiger partial charge < -0.3 is 10.5 Å². The predicted octanol–water partition coefficient (Wildman–Crippen LogP) is 4.96. The summed E-state index contributed by atoms with van der Waals surface area (Å²) in [5.41, 5.74) is 11.0. The van der Waals surface area contributed by atoms with Crippen molar-refractivity contribution in [2.24, 2.45) is 10.7 Å². The van der Waals surface area contributed by atoms with Crippen molar-refractivity contribution in [2.45, 2.75) is 37.0 Å². The second-order valence-electron chi connectivity index (χ2n) is 9.12. The zero-order chi connectivity index (χ0) is 22.6. The summed E-state index contributed by atoms with van der Waals surface area (Å²) in [6.07, 6.45) is 3.24. The van der Waals surface area contributed by atoms with Crippen molar-refractivity contribution in [1.82, 2.24) is 5.06 Å². The molecule has 0 saturated heterocycles. The third-order valence-electron chi connectivity index (χ3n) is 6.98. The average molecular weight is 437 g/mol. The van der Waals surface area contributed by atoms with Gasteiger partial charge in [-0.05, 0) is 53.3 Å². The van der Waals surface area contributed by atoms with Crippen molar-refractivity contribution in [3.63, 3.8) is 0 Å². The minimum atomic E-state index is -0.938. The van der Waals surface area contributed by atoms with Crippen molar-refractivity contribution < 1.29 is 9.57 Å². The molecule has 2 N–H and O–H groups in total. The maximum absolute atomic E-state index is 7.34. The molecule has 3 aliphatic rings. The summed E-state index contributed by atoms with van der Waals surface area (Å²) < 4.78 is 6.75. The van der Waals surface area contributed by atoms with Gasteiger partial charge in [-0.2, -0.15) is 0 Å². The zero-order valence-electron chi connectivity index (χ0n) is 18.4. The van der Waals surface area contributed by atoms with Crippen LogP contribution in [0.1, 0.15) is 29.5 Å². The molecule has 0 amide bonds. The smallest absolute Gasteiger partial charge is 0.222 e. The van der Waals surface area contributed by atoms with E-state index in [2.05, 4.69) is 35.2 Å². The molecule has 3 aromatic carbocycles. The first-order chi connectivity index (χ1) is 16.0. The Labute approximate surface area is 193 Å². The summed E-state index contributed by atoms with van der Waals surface area (Å²) in [6.45, 7) is 7.34. The summed E-state index contributed by atoms with van der Waals surface area (Å²) in [7, 11) is 1.79. The Morgan fingerprint density at radius 3 is 2.64 bits per heavy atom. The Hall–Kier alpha value is -3.82. The Balaban J connectivity index is 1.47. The number of fused-ring (bicyclic) bond motifs is 3. The number of benzene rings is 3. The first-order valence-electron chi connectivity index (χ1n) is 11.2. The van der Waals surface area contributed by atoms with E-state index in [9.17, 15) is 0 Å². The first kappa shape index (κ1) is 19.8. The number of guanidine groups is 1. The molecule has 33 heavy (non-hydrogen) atoms. The molecule has 0 saturated carbocycles. The Bertz CT molecular complexity index is 1340.